The number of carbonyl (C=O) groups is 1. The molecule has 0 spiro atoms. The van der Waals surface area contributed by atoms with E-state index in [1.165, 1.54) is 16.9 Å². The van der Waals surface area contributed by atoms with Gasteiger partial charge in [-0.1, -0.05) is 29.8 Å². The van der Waals surface area contributed by atoms with E-state index in [9.17, 15) is 4.79 Å². The molecule has 2 aromatic heterocycles. The Morgan fingerprint density at radius 2 is 1.87 bits per heavy atom. The zero-order chi connectivity index (χ0) is 16.4. The Labute approximate surface area is 143 Å². The molecule has 2 heterocycles. The summed E-state index contributed by atoms with van der Waals surface area (Å²) in [7, 11) is 0. The summed E-state index contributed by atoms with van der Waals surface area (Å²) in [6, 6.07) is 7.98. The van der Waals surface area contributed by atoms with Crippen molar-refractivity contribution in [1.29, 1.82) is 0 Å². The number of aromatic nitrogens is 2. The molecule has 0 aliphatic heterocycles. The summed E-state index contributed by atoms with van der Waals surface area (Å²) in [5.41, 5.74) is 4.05. The summed E-state index contributed by atoms with van der Waals surface area (Å²) < 4.78 is 0. The normalized spacial score (nSPS) is 10.7. The summed E-state index contributed by atoms with van der Waals surface area (Å²) in [6.07, 6.45) is 0.355. The summed E-state index contributed by atoms with van der Waals surface area (Å²) in [4.78, 5) is 22.1. The Hall–Kier alpha value is -2.05. The molecule has 0 atom stereocenters. The third-order valence-corrected chi connectivity index (χ3v) is 5.23. The van der Waals surface area contributed by atoms with Gasteiger partial charge in [-0.25, -0.2) is 9.97 Å². The number of hydrogen-bond acceptors (Lipinski definition) is 5. The van der Waals surface area contributed by atoms with Crippen molar-refractivity contribution in [2.24, 2.45) is 0 Å². The van der Waals surface area contributed by atoms with E-state index in [0.717, 1.165) is 26.8 Å². The van der Waals surface area contributed by atoms with Crippen LogP contribution in [0.2, 0.25) is 0 Å². The Bertz CT molecular complexity index is 834. The molecule has 0 saturated carbocycles. The van der Waals surface area contributed by atoms with Crippen LogP contribution in [-0.2, 0) is 11.2 Å². The summed E-state index contributed by atoms with van der Waals surface area (Å²) >= 11 is 3.06. The predicted molar refractivity (Wildman–Crippen MR) is 96.2 cm³/mol. The molecule has 118 valence electrons. The minimum atomic E-state index is -0.0491. The lowest BCUT2D eigenvalue weighted by molar-refractivity contribution is -0.115. The molecule has 0 radical (unpaired) electrons. The Balaban J connectivity index is 1.68. The van der Waals surface area contributed by atoms with Crippen LogP contribution >= 0.6 is 22.7 Å². The van der Waals surface area contributed by atoms with Crippen LogP contribution in [-0.4, -0.2) is 15.9 Å². The number of amides is 1. The van der Waals surface area contributed by atoms with E-state index >= 15 is 0 Å². The number of anilines is 1. The molecule has 0 unspecified atom stereocenters. The Morgan fingerprint density at radius 1 is 1.13 bits per heavy atom. The molecule has 1 N–H and O–H groups in total. The van der Waals surface area contributed by atoms with E-state index in [2.05, 4.69) is 15.3 Å². The van der Waals surface area contributed by atoms with Crippen LogP contribution in [0.4, 0.5) is 5.13 Å². The van der Waals surface area contributed by atoms with Gasteiger partial charge in [-0.05, 0) is 26.3 Å². The minimum absolute atomic E-state index is 0.0491. The second-order valence-corrected chi connectivity index (χ2v) is 7.46. The zero-order valence-corrected chi connectivity index (χ0v) is 14.8. The fraction of sp³-hybridized carbons (Fsp3) is 0.235. The quantitative estimate of drug-likeness (QED) is 0.765. The fourth-order valence-corrected chi connectivity index (χ4v) is 3.93. The van der Waals surface area contributed by atoms with Crippen molar-refractivity contribution in [3.8, 4) is 10.6 Å². The SMILES string of the molecule is Cc1ccc(CC(=O)Nc2nc(-c3sc(C)nc3C)cs2)cc1. The molecule has 1 amide bonds. The first-order valence-corrected chi connectivity index (χ1v) is 8.96. The predicted octanol–water partition coefficient (Wildman–Crippen LogP) is 4.37. The average Bonchev–Trinajstić information content (AvgIpc) is 3.07. The van der Waals surface area contributed by atoms with E-state index < -0.39 is 0 Å². The van der Waals surface area contributed by atoms with Gasteiger partial charge in [0.25, 0.3) is 0 Å². The highest BCUT2D eigenvalue weighted by Crippen LogP contribution is 2.32. The highest BCUT2D eigenvalue weighted by molar-refractivity contribution is 7.16. The van der Waals surface area contributed by atoms with E-state index in [1.807, 2.05) is 50.4 Å². The Kier molecular flexibility index (Phi) is 4.54. The number of nitrogens with one attached hydrogen (secondary N) is 1. The molecule has 0 saturated heterocycles. The molecule has 6 heteroatoms. The number of nitrogens with zero attached hydrogens (tertiary/aromatic N) is 2. The third kappa shape index (κ3) is 3.83. The number of hydrogen-bond donors (Lipinski definition) is 1. The van der Waals surface area contributed by atoms with E-state index in [-0.39, 0.29) is 5.91 Å². The smallest absolute Gasteiger partial charge is 0.230 e. The van der Waals surface area contributed by atoms with Crippen molar-refractivity contribution < 1.29 is 4.79 Å². The van der Waals surface area contributed by atoms with Gasteiger partial charge in [-0.2, -0.15) is 0 Å². The van der Waals surface area contributed by atoms with Gasteiger partial charge in [-0.15, -0.1) is 22.7 Å². The van der Waals surface area contributed by atoms with Gasteiger partial charge in [0.2, 0.25) is 5.91 Å². The van der Waals surface area contributed by atoms with Crippen LogP contribution in [0.15, 0.2) is 29.6 Å². The number of rotatable bonds is 4. The van der Waals surface area contributed by atoms with Gasteiger partial charge < -0.3 is 5.32 Å². The van der Waals surface area contributed by atoms with Gasteiger partial charge >= 0.3 is 0 Å². The van der Waals surface area contributed by atoms with Crippen LogP contribution < -0.4 is 5.32 Å². The van der Waals surface area contributed by atoms with Crippen molar-refractivity contribution in [2.45, 2.75) is 27.2 Å². The largest absolute Gasteiger partial charge is 0.302 e. The first-order valence-electron chi connectivity index (χ1n) is 7.26. The van der Waals surface area contributed by atoms with E-state index in [1.54, 1.807) is 11.3 Å². The molecule has 0 bridgehead atoms. The molecule has 0 aliphatic carbocycles. The standard InChI is InChI=1S/C17H17N3OS2/c1-10-4-6-13(7-5-10)8-15(21)20-17-19-14(9-22-17)16-11(2)18-12(3)23-16/h4-7,9H,8H2,1-3H3,(H,19,20,21). The van der Waals surface area contributed by atoms with Gasteiger partial charge in [0.15, 0.2) is 5.13 Å². The number of benzene rings is 1. The second-order valence-electron chi connectivity index (χ2n) is 5.40. The molecule has 3 rings (SSSR count). The first-order chi connectivity index (χ1) is 11.0. The molecule has 23 heavy (non-hydrogen) atoms. The van der Waals surface area contributed by atoms with Gasteiger partial charge in [0.1, 0.15) is 0 Å². The third-order valence-electron chi connectivity index (χ3n) is 3.37. The van der Waals surface area contributed by atoms with Crippen LogP contribution in [0, 0.1) is 20.8 Å². The first kappa shape index (κ1) is 15.8. The maximum atomic E-state index is 12.1. The van der Waals surface area contributed by atoms with E-state index in [0.29, 0.717) is 11.6 Å². The van der Waals surface area contributed by atoms with Gasteiger partial charge in [-0.3, -0.25) is 4.79 Å². The second kappa shape index (κ2) is 6.60. The zero-order valence-electron chi connectivity index (χ0n) is 13.2. The molecule has 0 aliphatic rings. The molecule has 4 nitrogen and oxygen atoms in total. The maximum Gasteiger partial charge on any atom is 0.230 e. The number of aryl methyl sites for hydroxylation is 3. The van der Waals surface area contributed by atoms with E-state index in [4.69, 9.17) is 0 Å². The highest BCUT2D eigenvalue weighted by atomic mass is 32.1. The topological polar surface area (TPSA) is 54.9 Å². The lowest BCUT2D eigenvalue weighted by atomic mass is 10.1. The van der Waals surface area contributed by atoms with Crippen LogP contribution in [0.5, 0.6) is 0 Å². The number of carbonyl (C=O) groups excluding carboxylic acids is 1. The van der Waals surface area contributed by atoms with Crippen molar-refractivity contribution in [3.05, 3.63) is 51.5 Å². The lowest BCUT2D eigenvalue weighted by Gasteiger charge is -2.02. The molecule has 0 fully saturated rings. The number of thiazole rings is 2. The maximum absolute atomic E-state index is 12.1. The summed E-state index contributed by atoms with van der Waals surface area (Å²) in [5.74, 6) is -0.0491. The minimum Gasteiger partial charge on any atom is -0.302 e. The monoisotopic (exact) mass is 343 g/mol. The molecular formula is C17H17N3OS2. The van der Waals surface area contributed by atoms with Gasteiger partial charge in [0, 0.05) is 5.38 Å². The van der Waals surface area contributed by atoms with Crippen molar-refractivity contribution in [2.75, 3.05) is 5.32 Å². The fourth-order valence-electron chi connectivity index (χ4n) is 2.26. The lowest BCUT2D eigenvalue weighted by Crippen LogP contribution is -2.14. The van der Waals surface area contributed by atoms with Gasteiger partial charge in [0.05, 0.1) is 27.7 Å². The van der Waals surface area contributed by atoms with Crippen molar-refractivity contribution in [1.82, 2.24) is 9.97 Å². The summed E-state index contributed by atoms with van der Waals surface area (Å²) in [6.45, 7) is 6.00. The van der Waals surface area contributed by atoms with Crippen molar-refractivity contribution >= 4 is 33.7 Å². The van der Waals surface area contributed by atoms with Crippen LogP contribution in [0.3, 0.4) is 0 Å². The average molecular weight is 343 g/mol. The van der Waals surface area contributed by atoms with Crippen molar-refractivity contribution in [3.63, 3.8) is 0 Å². The van der Waals surface area contributed by atoms with Crippen LogP contribution in [0.1, 0.15) is 21.8 Å². The summed E-state index contributed by atoms with van der Waals surface area (Å²) in [5, 5.41) is 6.48. The van der Waals surface area contributed by atoms with Crippen LogP contribution in [0.25, 0.3) is 10.6 Å². The molecule has 1 aromatic carbocycles. The molecular weight excluding hydrogens is 326 g/mol. The molecule has 3 aromatic rings. The Morgan fingerprint density at radius 3 is 2.52 bits per heavy atom. The highest BCUT2D eigenvalue weighted by Gasteiger charge is 2.13.